The summed E-state index contributed by atoms with van der Waals surface area (Å²) in [5.74, 6) is -0.364. The first-order chi connectivity index (χ1) is 9.04. The average Bonchev–Trinajstić information content (AvgIpc) is 2.34. The number of anilines is 3. The Morgan fingerprint density at radius 3 is 2.32 bits per heavy atom. The normalized spacial score (nSPS) is 10.5. The number of nitrogens with two attached hydrogens (primary N) is 1. The third-order valence-electron chi connectivity index (χ3n) is 2.37. The monoisotopic (exact) mass is 268 g/mol. The summed E-state index contributed by atoms with van der Waals surface area (Å²) in [5.41, 5.74) is 7.05. The van der Waals surface area contributed by atoms with Gasteiger partial charge >= 0.3 is 6.61 Å². The molecule has 100 valence electrons. The lowest BCUT2D eigenvalue weighted by molar-refractivity contribution is -0.0498. The van der Waals surface area contributed by atoms with Gasteiger partial charge in [0.1, 0.15) is 11.6 Å². The molecule has 0 aliphatic rings. The van der Waals surface area contributed by atoms with Crippen LogP contribution in [-0.2, 0) is 0 Å². The van der Waals surface area contributed by atoms with Crippen LogP contribution >= 0.6 is 0 Å². The van der Waals surface area contributed by atoms with Crippen LogP contribution in [0.3, 0.4) is 0 Å². The van der Waals surface area contributed by atoms with E-state index in [0.29, 0.717) is 11.4 Å². The summed E-state index contributed by atoms with van der Waals surface area (Å²) in [6.45, 7) is -2.86. The number of hydrogen-bond acceptors (Lipinski definition) is 3. The van der Waals surface area contributed by atoms with Crippen molar-refractivity contribution in [2.24, 2.45) is 0 Å². The Hall–Kier alpha value is -2.37. The Balaban J connectivity index is 2.10. The van der Waals surface area contributed by atoms with Gasteiger partial charge in [-0.25, -0.2) is 4.39 Å². The summed E-state index contributed by atoms with van der Waals surface area (Å²) in [7, 11) is 0. The summed E-state index contributed by atoms with van der Waals surface area (Å²) in [5, 5.41) is 2.95. The van der Waals surface area contributed by atoms with E-state index in [9.17, 15) is 13.2 Å². The molecule has 0 fully saturated rings. The molecule has 0 spiro atoms. The lowest BCUT2D eigenvalue weighted by Crippen LogP contribution is -2.02. The Labute approximate surface area is 107 Å². The lowest BCUT2D eigenvalue weighted by atomic mass is 10.2. The second-order valence-electron chi connectivity index (χ2n) is 3.76. The van der Waals surface area contributed by atoms with Crippen LogP contribution in [0.15, 0.2) is 42.5 Å². The first-order valence-electron chi connectivity index (χ1n) is 5.41. The third-order valence-corrected chi connectivity index (χ3v) is 2.37. The molecule has 0 amide bonds. The number of halogens is 3. The van der Waals surface area contributed by atoms with Gasteiger partial charge in [0.25, 0.3) is 0 Å². The van der Waals surface area contributed by atoms with E-state index in [-0.39, 0.29) is 11.4 Å². The summed E-state index contributed by atoms with van der Waals surface area (Å²) in [4.78, 5) is 0. The van der Waals surface area contributed by atoms with Gasteiger partial charge in [0.15, 0.2) is 0 Å². The van der Waals surface area contributed by atoms with Crippen molar-refractivity contribution >= 4 is 17.1 Å². The molecule has 0 aliphatic heterocycles. The highest BCUT2D eigenvalue weighted by atomic mass is 19.3. The van der Waals surface area contributed by atoms with Gasteiger partial charge in [0.05, 0.1) is 11.4 Å². The molecule has 0 saturated carbocycles. The molecule has 19 heavy (non-hydrogen) atoms. The molecule has 0 radical (unpaired) electrons. The maximum Gasteiger partial charge on any atom is 0.387 e. The molecular weight excluding hydrogens is 257 g/mol. The van der Waals surface area contributed by atoms with Crippen molar-refractivity contribution < 1.29 is 17.9 Å². The molecule has 2 rings (SSSR count). The molecule has 0 heterocycles. The summed E-state index contributed by atoms with van der Waals surface area (Å²) < 4.78 is 41.0. The number of alkyl halides is 2. The van der Waals surface area contributed by atoms with Crippen LogP contribution in [0.2, 0.25) is 0 Å². The number of benzene rings is 2. The average molecular weight is 268 g/mol. The molecular formula is C13H11F3N2O. The molecule has 0 saturated heterocycles. The molecule has 2 aromatic rings. The van der Waals surface area contributed by atoms with E-state index in [4.69, 9.17) is 5.73 Å². The first-order valence-corrected chi connectivity index (χ1v) is 5.41. The van der Waals surface area contributed by atoms with E-state index < -0.39 is 12.4 Å². The van der Waals surface area contributed by atoms with E-state index in [1.807, 2.05) is 0 Å². The Morgan fingerprint density at radius 1 is 1.05 bits per heavy atom. The van der Waals surface area contributed by atoms with Crippen LogP contribution in [0.1, 0.15) is 0 Å². The molecule has 0 atom stereocenters. The highest BCUT2D eigenvalue weighted by molar-refractivity contribution is 5.72. The largest absolute Gasteiger partial charge is 0.435 e. The van der Waals surface area contributed by atoms with Crippen molar-refractivity contribution in [3.8, 4) is 5.75 Å². The fraction of sp³-hybridized carbons (Fsp3) is 0.0769. The van der Waals surface area contributed by atoms with Crippen molar-refractivity contribution in [2.75, 3.05) is 11.1 Å². The van der Waals surface area contributed by atoms with Gasteiger partial charge < -0.3 is 15.8 Å². The van der Waals surface area contributed by atoms with Crippen molar-refractivity contribution in [2.45, 2.75) is 6.61 Å². The number of hydrogen-bond donors (Lipinski definition) is 2. The second kappa shape index (κ2) is 5.51. The summed E-state index contributed by atoms with van der Waals surface area (Å²) in [6.07, 6.45) is 0. The molecule has 6 heteroatoms. The smallest absolute Gasteiger partial charge is 0.387 e. The van der Waals surface area contributed by atoms with E-state index in [1.165, 1.54) is 30.3 Å². The zero-order valence-electron chi connectivity index (χ0n) is 9.74. The van der Waals surface area contributed by atoms with Crippen molar-refractivity contribution in [1.82, 2.24) is 0 Å². The first kappa shape index (κ1) is 13.1. The maximum absolute atomic E-state index is 12.9. The van der Waals surface area contributed by atoms with Crippen LogP contribution < -0.4 is 15.8 Å². The predicted octanol–water partition coefficient (Wildman–Crippen LogP) is 3.75. The predicted molar refractivity (Wildman–Crippen MR) is 67.2 cm³/mol. The number of nitrogen functional groups attached to an aromatic ring is 1. The second-order valence-corrected chi connectivity index (χ2v) is 3.76. The van der Waals surface area contributed by atoms with Crippen molar-refractivity contribution in [3.05, 3.63) is 48.3 Å². The molecule has 0 aromatic heterocycles. The standard InChI is InChI=1S/C13H11F3N2O/c14-8-1-6-12(11(17)7-8)18-9-2-4-10(5-3-9)19-13(15)16/h1-7,13,18H,17H2. The molecule has 0 aliphatic carbocycles. The van der Waals surface area contributed by atoms with Gasteiger partial charge in [-0.2, -0.15) is 8.78 Å². The quantitative estimate of drug-likeness (QED) is 0.830. The molecule has 0 bridgehead atoms. The van der Waals surface area contributed by atoms with Crippen LogP contribution in [-0.4, -0.2) is 6.61 Å². The minimum absolute atomic E-state index is 0.0626. The van der Waals surface area contributed by atoms with Crippen LogP contribution in [0, 0.1) is 5.82 Å². The minimum Gasteiger partial charge on any atom is -0.435 e. The van der Waals surface area contributed by atoms with E-state index >= 15 is 0 Å². The Bertz CT molecular complexity index is 558. The van der Waals surface area contributed by atoms with E-state index in [2.05, 4.69) is 10.1 Å². The van der Waals surface area contributed by atoms with Crippen LogP contribution in [0.4, 0.5) is 30.2 Å². The van der Waals surface area contributed by atoms with Crippen LogP contribution in [0.5, 0.6) is 5.75 Å². The fourth-order valence-electron chi connectivity index (χ4n) is 1.52. The molecule has 3 N–H and O–H groups in total. The molecule has 2 aromatic carbocycles. The zero-order chi connectivity index (χ0) is 13.8. The topological polar surface area (TPSA) is 47.3 Å². The minimum atomic E-state index is -2.86. The lowest BCUT2D eigenvalue weighted by Gasteiger charge is -2.10. The molecule has 0 unspecified atom stereocenters. The molecule has 3 nitrogen and oxygen atoms in total. The van der Waals surface area contributed by atoms with Gasteiger partial charge in [-0.05, 0) is 42.5 Å². The third kappa shape index (κ3) is 3.54. The Kier molecular flexibility index (Phi) is 3.79. The van der Waals surface area contributed by atoms with Gasteiger partial charge in [0, 0.05) is 5.69 Å². The van der Waals surface area contributed by atoms with Crippen molar-refractivity contribution in [3.63, 3.8) is 0 Å². The Morgan fingerprint density at radius 2 is 1.74 bits per heavy atom. The number of nitrogens with one attached hydrogen (secondary N) is 1. The maximum atomic E-state index is 12.9. The fourth-order valence-corrected chi connectivity index (χ4v) is 1.52. The van der Waals surface area contributed by atoms with E-state index in [1.54, 1.807) is 12.1 Å². The van der Waals surface area contributed by atoms with Gasteiger partial charge in [-0.15, -0.1) is 0 Å². The summed E-state index contributed by atoms with van der Waals surface area (Å²) in [6, 6.07) is 9.86. The number of ether oxygens (including phenoxy) is 1. The van der Waals surface area contributed by atoms with Crippen molar-refractivity contribution in [1.29, 1.82) is 0 Å². The highest BCUT2D eigenvalue weighted by Crippen LogP contribution is 2.25. The SMILES string of the molecule is Nc1cc(F)ccc1Nc1ccc(OC(F)F)cc1. The van der Waals surface area contributed by atoms with Gasteiger partial charge in [-0.1, -0.05) is 0 Å². The highest BCUT2D eigenvalue weighted by Gasteiger charge is 2.05. The van der Waals surface area contributed by atoms with E-state index in [0.717, 1.165) is 0 Å². The number of rotatable bonds is 4. The van der Waals surface area contributed by atoms with Crippen LogP contribution in [0.25, 0.3) is 0 Å². The zero-order valence-corrected chi connectivity index (χ0v) is 9.74. The summed E-state index contributed by atoms with van der Waals surface area (Å²) >= 11 is 0. The van der Waals surface area contributed by atoms with Gasteiger partial charge in [0.2, 0.25) is 0 Å². The van der Waals surface area contributed by atoms with Gasteiger partial charge in [-0.3, -0.25) is 0 Å².